The zero-order valence-corrected chi connectivity index (χ0v) is 12.1. The molecular formula is C15H29NO2. The number of ether oxygens (including phenoxy) is 1. The highest BCUT2D eigenvalue weighted by Crippen LogP contribution is 2.30. The molecule has 0 atom stereocenters. The standard InChI is InChI=1S/C15H29NO2/c1-3-4-5-9-12-18-14(17)13-15(16-2)10-7-6-8-11-15/h16H,3-13H2,1-2H3. The molecule has 1 aliphatic carbocycles. The highest BCUT2D eigenvalue weighted by atomic mass is 16.5. The molecule has 1 aliphatic rings. The Morgan fingerprint density at radius 3 is 2.50 bits per heavy atom. The van der Waals surface area contributed by atoms with Crippen LogP contribution in [0.5, 0.6) is 0 Å². The molecule has 0 radical (unpaired) electrons. The van der Waals surface area contributed by atoms with Gasteiger partial charge in [0.1, 0.15) is 0 Å². The fraction of sp³-hybridized carbons (Fsp3) is 0.933. The van der Waals surface area contributed by atoms with Gasteiger partial charge in [0.05, 0.1) is 13.0 Å². The summed E-state index contributed by atoms with van der Waals surface area (Å²) in [5, 5.41) is 3.36. The molecular weight excluding hydrogens is 226 g/mol. The van der Waals surface area contributed by atoms with Crippen LogP contribution in [0.25, 0.3) is 0 Å². The number of esters is 1. The molecule has 0 amide bonds. The van der Waals surface area contributed by atoms with Crippen molar-refractivity contribution in [3.8, 4) is 0 Å². The lowest BCUT2D eigenvalue weighted by molar-refractivity contribution is -0.145. The van der Waals surface area contributed by atoms with E-state index in [1.165, 1.54) is 38.5 Å². The van der Waals surface area contributed by atoms with E-state index in [9.17, 15) is 4.79 Å². The van der Waals surface area contributed by atoms with Gasteiger partial charge in [-0.2, -0.15) is 0 Å². The third kappa shape index (κ3) is 5.38. The number of carbonyl (C=O) groups is 1. The lowest BCUT2D eigenvalue weighted by Gasteiger charge is -2.36. The van der Waals surface area contributed by atoms with Gasteiger partial charge in [0.25, 0.3) is 0 Å². The molecule has 0 spiro atoms. The monoisotopic (exact) mass is 255 g/mol. The van der Waals surface area contributed by atoms with Crippen LogP contribution in [0.1, 0.15) is 71.1 Å². The van der Waals surface area contributed by atoms with Gasteiger partial charge in [0, 0.05) is 5.54 Å². The van der Waals surface area contributed by atoms with Gasteiger partial charge in [-0.1, -0.05) is 45.4 Å². The van der Waals surface area contributed by atoms with E-state index in [2.05, 4.69) is 12.2 Å². The summed E-state index contributed by atoms with van der Waals surface area (Å²) in [4.78, 5) is 11.8. The van der Waals surface area contributed by atoms with E-state index < -0.39 is 0 Å². The summed E-state index contributed by atoms with van der Waals surface area (Å²) in [6.45, 7) is 2.78. The average Bonchev–Trinajstić information content (AvgIpc) is 2.39. The molecule has 0 saturated heterocycles. The summed E-state index contributed by atoms with van der Waals surface area (Å²) in [5.41, 5.74) is 0.0127. The first-order chi connectivity index (χ1) is 8.72. The lowest BCUT2D eigenvalue weighted by atomic mass is 9.79. The summed E-state index contributed by atoms with van der Waals surface area (Å²) in [5.74, 6) is -0.0252. The summed E-state index contributed by atoms with van der Waals surface area (Å²) in [6.07, 6.45) is 11.1. The van der Waals surface area contributed by atoms with E-state index in [0.717, 1.165) is 19.3 Å². The van der Waals surface area contributed by atoms with Crippen molar-refractivity contribution in [2.45, 2.75) is 76.7 Å². The summed E-state index contributed by atoms with van der Waals surface area (Å²) < 4.78 is 5.34. The molecule has 106 valence electrons. The molecule has 0 bridgehead atoms. The van der Waals surface area contributed by atoms with Crippen LogP contribution < -0.4 is 5.32 Å². The summed E-state index contributed by atoms with van der Waals surface area (Å²) >= 11 is 0. The Labute approximate surface area is 112 Å². The highest BCUT2D eigenvalue weighted by Gasteiger charge is 2.33. The van der Waals surface area contributed by atoms with Crippen LogP contribution in [-0.2, 0) is 9.53 Å². The molecule has 3 heteroatoms. The van der Waals surface area contributed by atoms with E-state index in [0.29, 0.717) is 13.0 Å². The second kappa shape index (κ2) is 8.52. The first-order valence-electron chi connectivity index (χ1n) is 7.57. The summed E-state index contributed by atoms with van der Waals surface area (Å²) in [6, 6.07) is 0. The van der Waals surface area contributed by atoms with Crippen LogP contribution in [0.4, 0.5) is 0 Å². The molecule has 0 aromatic carbocycles. The number of carbonyl (C=O) groups excluding carboxylic acids is 1. The van der Waals surface area contributed by atoms with Gasteiger partial charge in [0.15, 0.2) is 0 Å². The minimum atomic E-state index is -0.0252. The fourth-order valence-electron chi connectivity index (χ4n) is 2.79. The Morgan fingerprint density at radius 1 is 1.17 bits per heavy atom. The molecule has 0 unspecified atom stereocenters. The Kier molecular flexibility index (Phi) is 7.33. The molecule has 18 heavy (non-hydrogen) atoms. The smallest absolute Gasteiger partial charge is 0.307 e. The van der Waals surface area contributed by atoms with Crippen LogP contribution in [0.15, 0.2) is 0 Å². The van der Waals surface area contributed by atoms with Crippen LogP contribution in [0.2, 0.25) is 0 Å². The van der Waals surface area contributed by atoms with Crippen molar-refractivity contribution in [2.24, 2.45) is 0 Å². The normalized spacial score (nSPS) is 18.6. The lowest BCUT2D eigenvalue weighted by Crippen LogP contribution is -2.46. The van der Waals surface area contributed by atoms with Crippen molar-refractivity contribution >= 4 is 5.97 Å². The Hall–Kier alpha value is -0.570. The van der Waals surface area contributed by atoms with Crippen LogP contribution >= 0.6 is 0 Å². The van der Waals surface area contributed by atoms with Crippen LogP contribution in [0, 0.1) is 0 Å². The zero-order valence-electron chi connectivity index (χ0n) is 12.1. The van der Waals surface area contributed by atoms with Gasteiger partial charge in [-0.25, -0.2) is 0 Å². The second-order valence-corrected chi connectivity index (χ2v) is 5.55. The molecule has 0 aromatic heterocycles. The minimum Gasteiger partial charge on any atom is -0.466 e. The molecule has 1 rings (SSSR count). The quantitative estimate of drug-likeness (QED) is 0.533. The maximum absolute atomic E-state index is 11.8. The number of hydrogen-bond donors (Lipinski definition) is 1. The molecule has 3 nitrogen and oxygen atoms in total. The van der Waals surface area contributed by atoms with E-state index in [1.807, 2.05) is 7.05 Å². The maximum Gasteiger partial charge on any atom is 0.307 e. The maximum atomic E-state index is 11.8. The number of nitrogens with one attached hydrogen (secondary N) is 1. The number of rotatable bonds is 8. The van der Waals surface area contributed by atoms with Gasteiger partial charge in [-0.3, -0.25) is 4.79 Å². The molecule has 0 heterocycles. The Bertz CT molecular complexity index is 235. The third-order valence-electron chi connectivity index (χ3n) is 4.08. The minimum absolute atomic E-state index is 0.0127. The number of hydrogen-bond acceptors (Lipinski definition) is 3. The van der Waals surface area contributed by atoms with E-state index >= 15 is 0 Å². The largest absolute Gasteiger partial charge is 0.466 e. The van der Waals surface area contributed by atoms with E-state index in [1.54, 1.807) is 0 Å². The van der Waals surface area contributed by atoms with Crippen molar-refractivity contribution in [1.29, 1.82) is 0 Å². The van der Waals surface area contributed by atoms with Gasteiger partial charge >= 0.3 is 5.97 Å². The van der Waals surface area contributed by atoms with Crippen LogP contribution in [0.3, 0.4) is 0 Å². The number of unbranched alkanes of at least 4 members (excludes halogenated alkanes) is 3. The van der Waals surface area contributed by atoms with Crippen molar-refractivity contribution < 1.29 is 9.53 Å². The van der Waals surface area contributed by atoms with Gasteiger partial charge in [0.2, 0.25) is 0 Å². The second-order valence-electron chi connectivity index (χ2n) is 5.55. The first-order valence-corrected chi connectivity index (χ1v) is 7.57. The van der Waals surface area contributed by atoms with Gasteiger partial charge in [-0.05, 0) is 26.3 Å². The predicted molar refractivity (Wildman–Crippen MR) is 74.6 cm³/mol. The molecule has 1 saturated carbocycles. The highest BCUT2D eigenvalue weighted by molar-refractivity contribution is 5.71. The average molecular weight is 255 g/mol. The van der Waals surface area contributed by atoms with E-state index in [4.69, 9.17) is 4.74 Å². The fourth-order valence-corrected chi connectivity index (χ4v) is 2.79. The molecule has 1 fully saturated rings. The van der Waals surface area contributed by atoms with E-state index in [-0.39, 0.29) is 11.5 Å². The van der Waals surface area contributed by atoms with Crippen molar-refractivity contribution in [3.05, 3.63) is 0 Å². The summed E-state index contributed by atoms with van der Waals surface area (Å²) in [7, 11) is 1.97. The Morgan fingerprint density at radius 2 is 1.89 bits per heavy atom. The predicted octanol–water partition coefficient (Wildman–Crippen LogP) is 3.42. The molecule has 1 N–H and O–H groups in total. The zero-order chi connectivity index (χ0) is 13.3. The van der Waals surface area contributed by atoms with Crippen molar-refractivity contribution in [3.63, 3.8) is 0 Å². The first kappa shape index (κ1) is 15.5. The Balaban J connectivity index is 2.20. The van der Waals surface area contributed by atoms with Crippen LogP contribution in [-0.4, -0.2) is 25.2 Å². The molecule has 0 aliphatic heterocycles. The van der Waals surface area contributed by atoms with Gasteiger partial charge in [-0.15, -0.1) is 0 Å². The van der Waals surface area contributed by atoms with Crippen molar-refractivity contribution in [2.75, 3.05) is 13.7 Å². The topological polar surface area (TPSA) is 38.3 Å². The third-order valence-corrected chi connectivity index (χ3v) is 4.08. The molecule has 0 aromatic rings. The van der Waals surface area contributed by atoms with Crippen molar-refractivity contribution in [1.82, 2.24) is 5.32 Å². The van der Waals surface area contributed by atoms with Gasteiger partial charge < -0.3 is 10.1 Å². The SMILES string of the molecule is CCCCCCOC(=O)CC1(NC)CCCCC1.